The van der Waals surface area contributed by atoms with Crippen LogP contribution in [0.15, 0.2) is 60.9 Å². The van der Waals surface area contributed by atoms with E-state index < -0.39 is 23.2 Å². The standard InChI is InChI=1S/C31H28N6O3/c1-16-7-6-8-17(13-16)11-12-21-35-27(34-20-14-19(20)18-9-4-3-5-10-18)23-28(36-21)37(15-33-23)24-22-25-30(22,29(39)32-2)31(25,40)26(24)38/h3-10,13,15,19-20,22,24-26,38,40H,14H2,1-2H3,(H,32,39)(H,34,35,36)/t19-,20?,22?,24+,25-,26-,30?,31+/m0/s1. The van der Waals surface area contributed by atoms with E-state index in [-0.39, 0.29) is 23.8 Å². The molecular formula is C31H28N6O3. The van der Waals surface area contributed by atoms with Crippen LogP contribution >= 0.6 is 0 Å². The van der Waals surface area contributed by atoms with E-state index in [1.54, 1.807) is 17.9 Å². The normalized spacial score (nSPS) is 34.0. The third-order valence-corrected chi connectivity index (χ3v) is 9.48. The molecule has 8 atom stereocenters. The first-order valence-electron chi connectivity index (χ1n) is 13.7. The van der Waals surface area contributed by atoms with Crippen LogP contribution in [-0.2, 0) is 4.79 Å². The van der Waals surface area contributed by atoms with Gasteiger partial charge in [0.05, 0.1) is 17.8 Å². The summed E-state index contributed by atoms with van der Waals surface area (Å²) in [5.41, 5.74) is 2.02. The number of anilines is 1. The molecule has 9 nitrogen and oxygen atoms in total. The number of hydrogen-bond donors (Lipinski definition) is 4. The van der Waals surface area contributed by atoms with Gasteiger partial charge in [-0.2, -0.15) is 0 Å². The number of aromatic nitrogens is 4. The second-order valence-electron chi connectivity index (χ2n) is 11.6. The number of rotatable bonds is 5. The van der Waals surface area contributed by atoms with E-state index in [9.17, 15) is 15.0 Å². The summed E-state index contributed by atoms with van der Waals surface area (Å²) in [6.07, 6.45) is 1.52. The van der Waals surface area contributed by atoms with Crippen LogP contribution in [0.1, 0.15) is 40.9 Å². The molecule has 4 N–H and O–H groups in total. The summed E-state index contributed by atoms with van der Waals surface area (Å²) in [7, 11) is 1.56. The first-order valence-corrected chi connectivity index (χ1v) is 13.7. The third-order valence-electron chi connectivity index (χ3n) is 9.48. The molecule has 2 bridgehead atoms. The van der Waals surface area contributed by atoms with Crippen molar-refractivity contribution < 1.29 is 15.0 Å². The van der Waals surface area contributed by atoms with Crippen LogP contribution in [0.5, 0.6) is 0 Å². The molecule has 0 aliphatic heterocycles. The SMILES string of the molecule is CNC(=O)C12C3[C@@H](n4cnc5c(NC6C[C@H]6c6ccccc6)nc(C#Cc6cccc(C)c6)nc54)[C@H](O)[C@]1(O)[C@@H]32. The molecule has 5 saturated carbocycles. The number of aryl methyl sites for hydroxylation is 1. The second-order valence-corrected chi connectivity index (χ2v) is 11.6. The maximum absolute atomic E-state index is 12.7. The van der Waals surface area contributed by atoms with Gasteiger partial charge in [0.25, 0.3) is 0 Å². The van der Waals surface area contributed by atoms with Crippen molar-refractivity contribution >= 4 is 22.9 Å². The smallest absolute Gasteiger partial charge is 0.229 e. The second kappa shape index (κ2) is 7.90. The van der Waals surface area contributed by atoms with Crippen molar-refractivity contribution in [1.29, 1.82) is 0 Å². The van der Waals surface area contributed by atoms with Gasteiger partial charge in [-0.1, -0.05) is 48.4 Å². The summed E-state index contributed by atoms with van der Waals surface area (Å²) in [4.78, 5) is 26.9. The molecule has 40 heavy (non-hydrogen) atoms. The number of imidazole rings is 1. The predicted octanol–water partition coefficient (Wildman–Crippen LogP) is 2.14. The Bertz CT molecular complexity index is 1780. The first-order chi connectivity index (χ1) is 19.4. The lowest BCUT2D eigenvalue weighted by Crippen LogP contribution is -2.38. The number of amides is 1. The highest BCUT2D eigenvalue weighted by Gasteiger charge is 3.07. The molecule has 5 aliphatic rings. The van der Waals surface area contributed by atoms with Gasteiger partial charge in [0, 0.05) is 36.4 Å². The lowest BCUT2D eigenvalue weighted by Gasteiger charge is -2.18. The maximum atomic E-state index is 12.7. The Balaban J connectivity index is 1.19. The average molecular weight is 533 g/mol. The molecule has 9 heteroatoms. The van der Waals surface area contributed by atoms with Crippen LogP contribution in [0.3, 0.4) is 0 Å². The van der Waals surface area contributed by atoms with Gasteiger partial charge in [-0.3, -0.25) is 4.79 Å². The van der Waals surface area contributed by atoms with E-state index >= 15 is 0 Å². The highest BCUT2D eigenvalue weighted by atomic mass is 16.4. The number of aliphatic hydroxyl groups excluding tert-OH is 1. The van der Waals surface area contributed by atoms with Gasteiger partial charge in [-0.25, -0.2) is 15.0 Å². The van der Waals surface area contributed by atoms with E-state index in [1.807, 2.05) is 49.4 Å². The number of hydrogen-bond acceptors (Lipinski definition) is 7. The van der Waals surface area contributed by atoms with Gasteiger partial charge in [0.1, 0.15) is 11.7 Å². The molecular weight excluding hydrogens is 504 g/mol. The highest BCUT2D eigenvalue weighted by Crippen LogP contribution is 2.95. The zero-order chi connectivity index (χ0) is 27.4. The van der Waals surface area contributed by atoms with Crippen molar-refractivity contribution in [2.75, 3.05) is 12.4 Å². The van der Waals surface area contributed by atoms with Crippen LogP contribution in [0.4, 0.5) is 5.82 Å². The minimum absolute atomic E-state index is 0.177. The van der Waals surface area contributed by atoms with E-state index in [1.165, 1.54) is 5.56 Å². The van der Waals surface area contributed by atoms with E-state index in [2.05, 4.69) is 39.6 Å². The fourth-order valence-electron chi connectivity index (χ4n) is 7.49. The molecule has 0 spiro atoms. The van der Waals surface area contributed by atoms with E-state index in [0.29, 0.717) is 28.7 Å². The summed E-state index contributed by atoms with van der Waals surface area (Å²) < 4.78 is 1.81. The predicted molar refractivity (Wildman–Crippen MR) is 147 cm³/mol. The third kappa shape index (κ3) is 2.95. The lowest BCUT2D eigenvalue weighted by molar-refractivity contribution is -0.128. The Morgan fingerprint density at radius 1 is 1.12 bits per heavy atom. The van der Waals surface area contributed by atoms with Gasteiger partial charge in [-0.05, 0) is 42.5 Å². The number of carbonyl (C=O) groups is 1. The van der Waals surface area contributed by atoms with Crippen LogP contribution in [0, 0.1) is 36.0 Å². The molecule has 3 unspecified atom stereocenters. The van der Waals surface area contributed by atoms with Crippen molar-refractivity contribution in [3.8, 4) is 11.8 Å². The van der Waals surface area contributed by atoms with Gasteiger partial charge in [0.15, 0.2) is 17.0 Å². The van der Waals surface area contributed by atoms with Gasteiger partial charge in [0.2, 0.25) is 11.7 Å². The quantitative estimate of drug-likeness (QED) is 0.290. The zero-order valence-electron chi connectivity index (χ0n) is 22.0. The number of carbonyl (C=O) groups excluding carboxylic acids is 1. The number of benzene rings is 2. The van der Waals surface area contributed by atoms with Crippen molar-refractivity contribution in [1.82, 2.24) is 24.8 Å². The summed E-state index contributed by atoms with van der Waals surface area (Å²) in [6, 6.07) is 18.0. The lowest BCUT2D eigenvalue weighted by atomic mass is 10.0. The van der Waals surface area contributed by atoms with Crippen molar-refractivity contribution in [3.05, 3.63) is 83.4 Å². The molecule has 0 radical (unpaired) electrons. The molecule has 9 rings (SSSR count). The molecule has 5 aliphatic carbocycles. The summed E-state index contributed by atoms with van der Waals surface area (Å²) >= 11 is 0. The van der Waals surface area contributed by atoms with Crippen molar-refractivity contribution in [3.63, 3.8) is 0 Å². The van der Waals surface area contributed by atoms with Crippen molar-refractivity contribution in [2.45, 2.75) is 43.1 Å². The molecule has 1 amide bonds. The molecule has 2 aromatic carbocycles. The molecule has 2 aromatic heterocycles. The number of nitrogens with one attached hydrogen (secondary N) is 2. The van der Waals surface area contributed by atoms with Gasteiger partial charge in [-0.15, -0.1) is 0 Å². The Morgan fingerprint density at radius 2 is 1.95 bits per heavy atom. The van der Waals surface area contributed by atoms with Crippen molar-refractivity contribution in [2.24, 2.45) is 17.3 Å². The number of aliphatic hydroxyl groups is 2. The maximum Gasteiger partial charge on any atom is 0.229 e. The van der Waals surface area contributed by atoms with Crippen LogP contribution in [-0.4, -0.2) is 60.4 Å². The van der Waals surface area contributed by atoms with Crippen LogP contribution < -0.4 is 10.6 Å². The Labute approximate surface area is 230 Å². The largest absolute Gasteiger partial charge is 0.388 e. The molecule has 4 aromatic rings. The number of nitrogens with zero attached hydrogens (tertiary/aromatic N) is 4. The van der Waals surface area contributed by atoms with Crippen LogP contribution in [0.2, 0.25) is 0 Å². The molecule has 2 heterocycles. The van der Waals surface area contributed by atoms with Crippen LogP contribution in [0.25, 0.3) is 11.2 Å². The monoisotopic (exact) mass is 532 g/mol. The fraction of sp³-hybridized carbons (Fsp3) is 0.355. The molecule has 5 fully saturated rings. The topological polar surface area (TPSA) is 125 Å². The Morgan fingerprint density at radius 3 is 2.70 bits per heavy atom. The van der Waals surface area contributed by atoms with E-state index in [0.717, 1.165) is 17.5 Å². The minimum atomic E-state index is -1.40. The first kappa shape index (κ1) is 23.6. The zero-order valence-corrected chi connectivity index (χ0v) is 22.0. The summed E-state index contributed by atoms with van der Waals surface area (Å²) in [5, 5.41) is 28.6. The Hall–Kier alpha value is -4.26. The van der Waals surface area contributed by atoms with Gasteiger partial charge >= 0.3 is 0 Å². The highest BCUT2D eigenvalue weighted by molar-refractivity contribution is 5.96. The number of fused-ring (bicyclic) bond motifs is 2. The summed E-state index contributed by atoms with van der Waals surface area (Å²) in [5.74, 6) is 6.93. The summed E-state index contributed by atoms with van der Waals surface area (Å²) in [6.45, 7) is 2.02. The Kier molecular flexibility index (Phi) is 4.67. The minimum Gasteiger partial charge on any atom is -0.388 e. The fourth-order valence-corrected chi connectivity index (χ4v) is 7.49. The molecule has 0 saturated heterocycles. The van der Waals surface area contributed by atoms with E-state index in [4.69, 9.17) is 9.97 Å². The average Bonchev–Trinajstić information content (AvgIpc) is 3.89. The van der Waals surface area contributed by atoms with Gasteiger partial charge < -0.3 is 25.4 Å². The molecule has 200 valence electrons.